The molecule has 0 bridgehead atoms. The van der Waals surface area contributed by atoms with Crippen molar-refractivity contribution in [2.75, 3.05) is 14.2 Å². The van der Waals surface area contributed by atoms with E-state index in [9.17, 15) is 0 Å². The van der Waals surface area contributed by atoms with Gasteiger partial charge in [-0.3, -0.25) is 9.69 Å². The Labute approximate surface area is 141 Å². The molecule has 4 nitrogen and oxygen atoms in total. The van der Waals surface area contributed by atoms with Crippen molar-refractivity contribution in [2.45, 2.75) is 0 Å². The molecule has 2 aromatic carbocycles. The van der Waals surface area contributed by atoms with Crippen LogP contribution in [0.3, 0.4) is 0 Å². The van der Waals surface area contributed by atoms with Gasteiger partial charge in [-0.1, -0.05) is 36.4 Å². The second-order valence-electron chi connectivity index (χ2n) is 4.83. The number of rotatable bonds is 5. The lowest BCUT2D eigenvalue weighted by Crippen LogP contribution is -1.85. The van der Waals surface area contributed by atoms with E-state index in [1.165, 1.54) is 0 Å². The predicted octanol–water partition coefficient (Wildman–Crippen LogP) is 4.92. The van der Waals surface area contributed by atoms with E-state index >= 15 is 0 Å². The van der Waals surface area contributed by atoms with Crippen molar-refractivity contribution in [3.8, 4) is 11.5 Å². The van der Waals surface area contributed by atoms with Gasteiger partial charge in [0.05, 0.1) is 27.4 Å². The van der Waals surface area contributed by atoms with E-state index in [-0.39, 0.29) is 0 Å². The first-order valence-corrected chi connectivity index (χ1v) is 7.17. The molecule has 0 spiro atoms. The molecular weight excluding hydrogens is 300 g/mol. The number of hydrogen-bond donors (Lipinski definition) is 0. The minimum absolute atomic E-state index is 0.297. The number of hydrogen-bond acceptors (Lipinski definition) is 2. The Morgan fingerprint density at radius 2 is 1.04 bits per heavy atom. The molecule has 0 aromatic heterocycles. The molecule has 24 heavy (non-hydrogen) atoms. The lowest BCUT2D eigenvalue weighted by atomic mass is 10.1. The van der Waals surface area contributed by atoms with Crippen LogP contribution in [0.2, 0.25) is 0 Å². The molecule has 2 aromatic rings. The quantitative estimate of drug-likeness (QED) is 0.578. The maximum atomic E-state index is 7.38. The maximum absolute atomic E-state index is 7.38. The van der Waals surface area contributed by atoms with Crippen LogP contribution in [-0.4, -0.2) is 14.2 Å². The Balaban J connectivity index is 2.34. The fourth-order valence-corrected chi connectivity index (χ4v) is 2.04. The monoisotopic (exact) mass is 316 g/mol. The predicted molar refractivity (Wildman–Crippen MR) is 95.1 cm³/mol. The van der Waals surface area contributed by atoms with Crippen molar-refractivity contribution in [3.05, 3.63) is 93.9 Å². The lowest BCUT2D eigenvalue weighted by molar-refractivity contribution is 0.414. The van der Waals surface area contributed by atoms with Crippen molar-refractivity contribution in [3.63, 3.8) is 0 Å². The first-order valence-electron chi connectivity index (χ1n) is 7.17. The minimum Gasteiger partial charge on any atom is -0.497 e. The molecule has 0 heterocycles. The second-order valence-corrected chi connectivity index (χ2v) is 4.83. The van der Waals surface area contributed by atoms with Gasteiger partial charge in [0.1, 0.15) is 11.5 Å². The molecule has 0 saturated heterocycles. The molecular formula is C20H16N2O2. The van der Waals surface area contributed by atoms with Gasteiger partial charge in [0.15, 0.2) is 11.4 Å². The SMILES string of the molecule is [C-]#[N+]C(=C/c1ccc(OC)cc1)/C(=C\c1ccc(OC)cc1)[N+]#[C-]. The highest BCUT2D eigenvalue weighted by molar-refractivity contribution is 5.69. The van der Waals surface area contributed by atoms with E-state index in [0.29, 0.717) is 11.4 Å². The van der Waals surface area contributed by atoms with Crippen LogP contribution >= 0.6 is 0 Å². The van der Waals surface area contributed by atoms with Crippen molar-refractivity contribution in [2.24, 2.45) is 0 Å². The molecule has 0 fully saturated rings. The highest BCUT2D eigenvalue weighted by Crippen LogP contribution is 2.22. The molecule has 0 radical (unpaired) electrons. The topological polar surface area (TPSA) is 27.2 Å². The van der Waals surface area contributed by atoms with Gasteiger partial charge in [-0.15, -0.1) is 0 Å². The number of nitrogens with zero attached hydrogens (tertiary/aromatic N) is 2. The zero-order valence-electron chi connectivity index (χ0n) is 13.5. The summed E-state index contributed by atoms with van der Waals surface area (Å²) in [6.07, 6.45) is 3.39. The third-order valence-corrected chi connectivity index (χ3v) is 3.34. The van der Waals surface area contributed by atoms with Gasteiger partial charge in [-0.2, -0.15) is 0 Å². The van der Waals surface area contributed by atoms with Gasteiger partial charge in [-0.25, -0.2) is 0 Å². The van der Waals surface area contributed by atoms with Crippen molar-refractivity contribution in [1.29, 1.82) is 0 Å². The summed E-state index contributed by atoms with van der Waals surface area (Å²) in [5, 5.41) is 0. The Kier molecular flexibility index (Phi) is 5.77. The first kappa shape index (κ1) is 16.9. The van der Waals surface area contributed by atoms with E-state index in [0.717, 1.165) is 22.6 Å². The minimum atomic E-state index is 0.297. The standard InChI is InChI=1S/C20H16N2O2/c1-21-19(13-15-5-9-17(23-3)10-6-15)20(22-2)14-16-7-11-18(24-4)12-8-16/h5-14H,3-4H3/b19-13+,20-14+. The summed E-state index contributed by atoms with van der Waals surface area (Å²) in [4.78, 5) is 7.00. The maximum Gasteiger partial charge on any atom is 0.195 e. The summed E-state index contributed by atoms with van der Waals surface area (Å²) < 4.78 is 10.2. The van der Waals surface area contributed by atoms with Gasteiger partial charge in [0, 0.05) is 0 Å². The molecule has 0 saturated carbocycles. The third kappa shape index (κ3) is 4.25. The van der Waals surface area contributed by atoms with Gasteiger partial charge >= 0.3 is 0 Å². The molecule has 0 atom stereocenters. The van der Waals surface area contributed by atoms with Gasteiger partial charge in [-0.05, 0) is 35.4 Å². The highest BCUT2D eigenvalue weighted by atomic mass is 16.5. The average Bonchev–Trinajstić information content (AvgIpc) is 2.65. The Bertz CT molecular complexity index is 760. The van der Waals surface area contributed by atoms with E-state index in [1.54, 1.807) is 26.4 Å². The summed E-state index contributed by atoms with van der Waals surface area (Å²) in [6.45, 7) is 14.8. The molecule has 2 rings (SSSR count). The average molecular weight is 316 g/mol. The van der Waals surface area contributed by atoms with E-state index in [4.69, 9.17) is 22.6 Å². The van der Waals surface area contributed by atoms with Crippen molar-refractivity contribution < 1.29 is 9.47 Å². The molecule has 0 aliphatic rings. The molecule has 0 N–H and O–H groups in total. The van der Waals surface area contributed by atoms with Crippen LogP contribution in [0.1, 0.15) is 11.1 Å². The molecule has 0 amide bonds. The fourth-order valence-electron chi connectivity index (χ4n) is 2.04. The summed E-state index contributed by atoms with van der Waals surface area (Å²) in [5.74, 6) is 1.49. The Hall–Kier alpha value is -3.50. The second kappa shape index (κ2) is 8.22. The van der Waals surface area contributed by atoms with Gasteiger partial charge in [0.25, 0.3) is 0 Å². The molecule has 4 heteroatoms. The largest absolute Gasteiger partial charge is 0.497 e. The van der Waals surface area contributed by atoms with Crippen LogP contribution in [0.15, 0.2) is 59.9 Å². The summed E-state index contributed by atoms with van der Waals surface area (Å²) in [5.41, 5.74) is 2.27. The van der Waals surface area contributed by atoms with Crippen LogP contribution in [-0.2, 0) is 0 Å². The van der Waals surface area contributed by atoms with Gasteiger partial charge in [0.2, 0.25) is 0 Å². The zero-order chi connectivity index (χ0) is 17.4. The van der Waals surface area contributed by atoms with Gasteiger partial charge < -0.3 is 9.47 Å². The third-order valence-electron chi connectivity index (χ3n) is 3.34. The summed E-state index contributed by atoms with van der Waals surface area (Å²) >= 11 is 0. The van der Waals surface area contributed by atoms with Crippen LogP contribution in [0.25, 0.3) is 21.8 Å². The fraction of sp³-hybridized carbons (Fsp3) is 0.100. The Morgan fingerprint density at radius 1 is 0.708 bits per heavy atom. The van der Waals surface area contributed by atoms with E-state index in [2.05, 4.69) is 9.69 Å². The van der Waals surface area contributed by atoms with E-state index in [1.807, 2.05) is 48.5 Å². The lowest BCUT2D eigenvalue weighted by Gasteiger charge is -2.02. The molecule has 0 aliphatic carbocycles. The van der Waals surface area contributed by atoms with Crippen LogP contribution < -0.4 is 9.47 Å². The van der Waals surface area contributed by atoms with Crippen LogP contribution in [0.4, 0.5) is 0 Å². The zero-order valence-corrected chi connectivity index (χ0v) is 13.5. The molecule has 0 aliphatic heterocycles. The number of ether oxygens (including phenoxy) is 2. The van der Waals surface area contributed by atoms with Crippen LogP contribution in [0.5, 0.6) is 11.5 Å². The highest BCUT2D eigenvalue weighted by Gasteiger charge is 2.06. The number of methoxy groups -OCH3 is 2. The molecule has 0 unspecified atom stereocenters. The number of benzene rings is 2. The summed E-state index contributed by atoms with van der Waals surface area (Å²) in [6, 6.07) is 14.7. The normalized spacial score (nSPS) is 11.3. The van der Waals surface area contributed by atoms with Crippen LogP contribution in [0, 0.1) is 13.1 Å². The van der Waals surface area contributed by atoms with E-state index < -0.39 is 0 Å². The summed E-state index contributed by atoms with van der Waals surface area (Å²) in [7, 11) is 3.20. The first-order chi connectivity index (χ1) is 11.7. The van der Waals surface area contributed by atoms with Crippen molar-refractivity contribution >= 4 is 12.2 Å². The van der Waals surface area contributed by atoms with Crippen molar-refractivity contribution in [1.82, 2.24) is 0 Å². The Morgan fingerprint density at radius 3 is 1.29 bits per heavy atom. The smallest absolute Gasteiger partial charge is 0.195 e. The molecule has 118 valence electrons.